The normalized spacial score (nSPS) is 10.9. The number of hydrogen-bond donors (Lipinski definition) is 2. The Kier molecular flexibility index (Phi) is 5.05. The molecule has 0 aliphatic rings. The highest BCUT2D eigenvalue weighted by Crippen LogP contribution is 2.22. The predicted octanol–water partition coefficient (Wildman–Crippen LogP) is 3.66. The van der Waals surface area contributed by atoms with E-state index in [-0.39, 0.29) is 5.91 Å². The first-order valence-electron chi connectivity index (χ1n) is 9.53. The number of carbonyl (C=O) groups excluding carboxylic acids is 2. The summed E-state index contributed by atoms with van der Waals surface area (Å²) in [4.78, 5) is 36.7. The second kappa shape index (κ2) is 7.82. The molecule has 0 saturated carbocycles. The van der Waals surface area contributed by atoms with Crippen LogP contribution in [-0.2, 0) is 11.2 Å². The summed E-state index contributed by atoms with van der Waals surface area (Å²) in [6.45, 7) is 3.63. The van der Waals surface area contributed by atoms with Gasteiger partial charge in [0.25, 0.3) is 5.91 Å². The van der Waals surface area contributed by atoms with Gasteiger partial charge in [0, 0.05) is 5.69 Å². The van der Waals surface area contributed by atoms with Gasteiger partial charge in [0.05, 0.1) is 35.6 Å². The number of amides is 1. The van der Waals surface area contributed by atoms with Crippen LogP contribution in [0.4, 0.5) is 5.69 Å². The first kappa shape index (κ1) is 19.4. The number of anilines is 1. The minimum atomic E-state index is -0.460. The fraction of sp³-hybridized carbons (Fsp3) is 0.182. The second-order valence-electron chi connectivity index (χ2n) is 6.79. The van der Waals surface area contributed by atoms with E-state index < -0.39 is 5.97 Å². The van der Waals surface area contributed by atoms with Gasteiger partial charge in [-0.3, -0.25) is 9.36 Å². The zero-order chi connectivity index (χ0) is 21.3. The number of rotatable bonds is 5. The number of nitrogens with one attached hydrogen (secondary N) is 2. The number of benzene rings is 1. The minimum absolute atomic E-state index is 0.330. The maximum atomic E-state index is 12.8. The maximum absolute atomic E-state index is 12.8. The highest BCUT2D eigenvalue weighted by molar-refractivity contribution is 6.06. The lowest BCUT2D eigenvalue weighted by molar-refractivity contribution is 0.0599. The van der Waals surface area contributed by atoms with E-state index in [2.05, 4.69) is 20.3 Å². The van der Waals surface area contributed by atoms with Crippen molar-refractivity contribution in [3.63, 3.8) is 0 Å². The first-order chi connectivity index (χ1) is 14.5. The van der Waals surface area contributed by atoms with Crippen molar-refractivity contribution in [1.82, 2.24) is 19.5 Å². The van der Waals surface area contributed by atoms with Gasteiger partial charge in [-0.05, 0) is 43.2 Å². The van der Waals surface area contributed by atoms with Crippen LogP contribution in [0.25, 0.3) is 16.9 Å². The molecule has 3 heterocycles. The molecule has 0 radical (unpaired) electrons. The van der Waals surface area contributed by atoms with Crippen LogP contribution in [-0.4, -0.2) is 38.5 Å². The lowest BCUT2D eigenvalue weighted by Gasteiger charge is -2.07. The van der Waals surface area contributed by atoms with E-state index in [0.717, 1.165) is 11.0 Å². The first-order valence-corrected chi connectivity index (χ1v) is 9.53. The quantitative estimate of drug-likeness (QED) is 0.495. The van der Waals surface area contributed by atoms with Crippen molar-refractivity contribution in [2.75, 3.05) is 12.4 Å². The Labute approximate surface area is 172 Å². The molecule has 4 rings (SSSR count). The molecule has 0 atom stereocenters. The van der Waals surface area contributed by atoms with Gasteiger partial charge in [-0.1, -0.05) is 19.1 Å². The molecule has 0 unspecified atom stereocenters. The number of carbonyl (C=O) groups is 2. The molecule has 30 heavy (non-hydrogen) atoms. The number of nitrogens with zero attached hydrogens (tertiary/aromatic N) is 3. The van der Waals surface area contributed by atoms with Gasteiger partial charge in [0.2, 0.25) is 0 Å². The smallest absolute Gasteiger partial charge is 0.339 e. The highest BCUT2D eigenvalue weighted by atomic mass is 16.5. The Hall–Kier alpha value is -3.94. The number of H-pyrrole nitrogens is 1. The summed E-state index contributed by atoms with van der Waals surface area (Å²) >= 11 is 0. The summed E-state index contributed by atoms with van der Waals surface area (Å²) in [7, 11) is 1.32. The Bertz CT molecular complexity index is 1240. The van der Waals surface area contributed by atoms with E-state index in [4.69, 9.17) is 4.74 Å². The largest absolute Gasteiger partial charge is 0.465 e. The van der Waals surface area contributed by atoms with Gasteiger partial charge in [-0.2, -0.15) is 0 Å². The predicted molar refractivity (Wildman–Crippen MR) is 113 cm³/mol. The minimum Gasteiger partial charge on any atom is -0.465 e. The fourth-order valence-corrected chi connectivity index (χ4v) is 3.47. The summed E-state index contributed by atoms with van der Waals surface area (Å²) in [5, 5.41) is 2.82. The Morgan fingerprint density at radius 2 is 1.97 bits per heavy atom. The molecule has 152 valence electrons. The standard InChI is InChI=1S/C22H21N5O3/c1-4-15-19(22(29)30-3)13(2)20(26-15)21(28)25-14-9-10-18(23-11-14)27-12-24-16-7-5-6-8-17(16)27/h5-12,26H,4H2,1-3H3,(H,25,28). The molecule has 4 aromatic rings. The zero-order valence-electron chi connectivity index (χ0n) is 16.9. The Morgan fingerprint density at radius 1 is 1.17 bits per heavy atom. The van der Waals surface area contributed by atoms with Crippen molar-refractivity contribution < 1.29 is 14.3 Å². The van der Waals surface area contributed by atoms with E-state index in [0.29, 0.717) is 40.4 Å². The van der Waals surface area contributed by atoms with Crippen molar-refractivity contribution in [3.05, 3.63) is 71.4 Å². The van der Waals surface area contributed by atoms with Crippen LogP contribution in [0.5, 0.6) is 0 Å². The number of aryl methyl sites for hydroxylation is 1. The molecule has 1 amide bonds. The molecule has 3 aromatic heterocycles. The number of imidazole rings is 1. The van der Waals surface area contributed by atoms with Gasteiger partial charge >= 0.3 is 5.97 Å². The van der Waals surface area contributed by atoms with Gasteiger partial charge in [0.1, 0.15) is 17.8 Å². The molecule has 2 N–H and O–H groups in total. The highest BCUT2D eigenvalue weighted by Gasteiger charge is 2.23. The molecule has 0 saturated heterocycles. The van der Waals surface area contributed by atoms with Gasteiger partial charge in [-0.15, -0.1) is 0 Å². The van der Waals surface area contributed by atoms with Gasteiger partial charge in [0.15, 0.2) is 0 Å². The fourth-order valence-electron chi connectivity index (χ4n) is 3.47. The topological polar surface area (TPSA) is 102 Å². The molecular formula is C22H21N5O3. The lowest BCUT2D eigenvalue weighted by Crippen LogP contribution is -2.14. The lowest BCUT2D eigenvalue weighted by atomic mass is 10.1. The monoisotopic (exact) mass is 403 g/mol. The molecule has 0 bridgehead atoms. The molecule has 8 heteroatoms. The molecular weight excluding hydrogens is 382 g/mol. The molecule has 8 nitrogen and oxygen atoms in total. The molecule has 0 aliphatic heterocycles. The number of para-hydroxylation sites is 2. The van der Waals surface area contributed by atoms with Crippen molar-refractivity contribution in [1.29, 1.82) is 0 Å². The van der Waals surface area contributed by atoms with E-state index in [1.165, 1.54) is 7.11 Å². The molecule has 0 spiro atoms. The van der Waals surface area contributed by atoms with Crippen LogP contribution >= 0.6 is 0 Å². The van der Waals surface area contributed by atoms with Gasteiger partial charge in [-0.25, -0.2) is 14.8 Å². The second-order valence-corrected chi connectivity index (χ2v) is 6.79. The maximum Gasteiger partial charge on any atom is 0.339 e. The van der Waals surface area contributed by atoms with Crippen LogP contribution < -0.4 is 5.32 Å². The van der Waals surface area contributed by atoms with E-state index in [9.17, 15) is 9.59 Å². The summed E-state index contributed by atoms with van der Waals surface area (Å²) in [6.07, 6.45) is 3.88. The molecule has 0 aliphatic carbocycles. The number of ether oxygens (including phenoxy) is 1. The van der Waals surface area contributed by atoms with E-state index in [1.54, 1.807) is 25.5 Å². The molecule has 1 aromatic carbocycles. The number of methoxy groups -OCH3 is 1. The number of aromatic amines is 1. The van der Waals surface area contributed by atoms with Gasteiger partial charge < -0.3 is 15.0 Å². The summed E-state index contributed by atoms with van der Waals surface area (Å²) in [6, 6.07) is 11.4. The van der Waals surface area contributed by atoms with Crippen LogP contribution in [0.1, 0.15) is 39.0 Å². The van der Waals surface area contributed by atoms with Crippen molar-refractivity contribution in [2.45, 2.75) is 20.3 Å². The number of fused-ring (bicyclic) bond motifs is 1. The SMILES string of the molecule is CCc1[nH]c(C(=O)Nc2ccc(-n3cnc4ccccc43)nc2)c(C)c1C(=O)OC. The van der Waals surface area contributed by atoms with Crippen LogP contribution in [0.3, 0.4) is 0 Å². The third-order valence-electron chi connectivity index (χ3n) is 5.00. The third kappa shape index (κ3) is 3.32. The van der Waals surface area contributed by atoms with E-state index in [1.807, 2.05) is 41.8 Å². The number of esters is 1. The van der Waals surface area contributed by atoms with Crippen molar-refractivity contribution in [2.24, 2.45) is 0 Å². The van der Waals surface area contributed by atoms with Crippen molar-refractivity contribution in [3.8, 4) is 5.82 Å². The van der Waals surface area contributed by atoms with E-state index >= 15 is 0 Å². The average Bonchev–Trinajstić information content (AvgIpc) is 3.35. The number of aromatic nitrogens is 4. The Morgan fingerprint density at radius 3 is 2.67 bits per heavy atom. The average molecular weight is 403 g/mol. The van der Waals surface area contributed by atoms with Crippen molar-refractivity contribution >= 4 is 28.6 Å². The van der Waals surface area contributed by atoms with Crippen LogP contribution in [0.15, 0.2) is 48.9 Å². The molecule has 0 fully saturated rings. The van der Waals surface area contributed by atoms with Crippen LogP contribution in [0.2, 0.25) is 0 Å². The zero-order valence-corrected chi connectivity index (χ0v) is 16.9. The number of hydrogen-bond acceptors (Lipinski definition) is 5. The summed E-state index contributed by atoms with van der Waals surface area (Å²) in [5.74, 6) is -0.114. The van der Waals surface area contributed by atoms with Crippen LogP contribution in [0, 0.1) is 6.92 Å². The third-order valence-corrected chi connectivity index (χ3v) is 5.00. The summed E-state index contributed by atoms with van der Waals surface area (Å²) < 4.78 is 6.72. The summed E-state index contributed by atoms with van der Waals surface area (Å²) in [5.41, 5.74) is 4.34. The number of pyridine rings is 1. The Balaban J connectivity index is 1.57.